The van der Waals surface area contributed by atoms with Crippen LogP contribution in [0.4, 0.5) is 5.69 Å². The second-order valence-electron chi connectivity index (χ2n) is 5.03. The van der Waals surface area contributed by atoms with Gasteiger partial charge in [-0.05, 0) is 19.3 Å². The minimum absolute atomic E-state index is 0.0302. The second kappa shape index (κ2) is 6.98. The Morgan fingerprint density at radius 2 is 1.86 bits per heavy atom. The summed E-state index contributed by atoms with van der Waals surface area (Å²) in [5.41, 5.74) is 0.182. The first-order chi connectivity index (χ1) is 10.6. The van der Waals surface area contributed by atoms with E-state index in [4.69, 9.17) is 9.47 Å². The monoisotopic (exact) mass is 305 g/mol. The number of benzene rings is 1. The van der Waals surface area contributed by atoms with Gasteiger partial charge in [0.1, 0.15) is 0 Å². The summed E-state index contributed by atoms with van der Waals surface area (Å²) in [5, 5.41) is 12.0. The van der Waals surface area contributed by atoms with E-state index >= 15 is 0 Å². The van der Waals surface area contributed by atoms with Gasteiger partial charge in [-0.15, -0.1) is 0 Å². The summed E-state index contributed by atoms with van der Waals surface area (Å²) in [6.45, 7) is 0. The zero-order valence-corrected chi connectivity index (χ0v) is 12.6. The van der Waals surface area contributed by atoms with Crippen molar-refractivity contribution in [1.82, 2.24) is 0 Å². The van der Waals surface area contributed by atoms with Crippen molar-refractivity contribution < 1.29 is 24.2 Å². The summed E-state index contributed by atoms with van der Waals surface area (Å²) in [7, 11) is 2.88. The number of aromatic carboxylic acids is 1. The van der Waals surface area contributed by atoms with E-state index in [1.165, 1.54) is 26.4 Å². The number of carboxylic acids is 1. The van der Waals surface area contributed by atoms with Gasteiger partial charge in [0.25, 0.3) is 0 Å². The molecule has 1 aromatic rings. The fourth-order valence-electron chi connectivity index (χ4n) is 2.43. The van der Waals surface area contributed by atoms with Crippen LogP contribution in [0.25, 0.3) is 0 Å². The van der Waals surface area contributed by atoms with Gasteiger partial charge in [0, 0.05) is 18.1 Å². The summed E-state index contributed by atoms with van der Waals surface area (Å²) >= 11 is 0. The van der Waals surface area contributed by atoms with Crippen molar-refractivity contribution in [3.63, 3.8) is 0 Å². The number of rotatable bonds is 5. The van der Waals surface area contributed by atoms with Gasteiger partial charge < -0.3 is 19.9 Å². The average molecular weight is 305 g/mol. The molecule has 0 saturated carbocycles. The highest BCUT2D eigenvalue weighted by Gasteiger charge is 2.22. The lowest BCUT2D eigenvalue weighted by atomic mass is 9.93. The molecule has 0 bridgehead atoms. The maximum absolute atomic E-state index is 12.3. The Hall–Kier alpha value is -2.50. The van der Waals surface area contributed by atoms with Crippen molar-refractivity contribution in [1.29, 1.82) is 0 Å². The smallest absolute Gasteiger partial charge is 0.337 e. The van der Waals surface area contributed by atoms with E-state index in [0.717, 1.165) is 12.8 Å². The molecule has 6 nitrogen and oxygen atoms in total. The first-order valence-electron chi connectivity index (χ1n) is 7.02. The first-order valence-corrected chi connectivity index (χ1v) is 7.02. The van der Waals surface area contributed by atoms with Crippen LogP contribution in [0.1, 0.15) is 29.6 Å². The van der Waals surface area contributed by atoms with Crippen molar-refractivity contribution in [3.05, 3.63) is 29.8 Å². The molecule has 0 radical (unpaired) electrons. The van der Waals surface area contributed by atoms with E-state index in [1.54, 1.807) is 0 Å². The number of carbonyl (C=O) groups excluding carboxylic acids is 1. The van der Waals surface area contributed by atoms with Crippen LogP contribution in [-0.2, 0) is 4.79 Å². The molecule has 0 saturated heterocycles. The minimum atomic E-state index is -1.14. The van der Waals surface area contributed by atoms with E-state index in [2.05, 4.69) is 5.32 Å². The van der Waals surface area contributed by atoms with Crippen molar-refractivity contribution in [3.8, 4) is 11.5 Å². The van der Waals surface area contributed by atoms with Crippen LogP contribution in [0.5, 0.6) is 11.5 Å². The van der Waals surface area contributed by atoms with Gasteiger partial charge in [-0.2, -0.15) is 0 Å². The predicted octanol–water partition coefficient (Wildman–Crippen LogP) is 2.70. The van der Waals surface area contributed by atoms with Crippen molar-refractivity contribution >= 4 is 17.6 Å². The number of methoxy groups -OCH3 is 2. The van der Waals surface area contributed by atoms with Crippen molar-refractivity contribution in [2.24, 2.45) is 5.92 Å². The Labute approximate surface area is 128 Å². The fourth-order valence-corrected chi connectivity index (χ4v) is 2.43. The summed E-state index contributed by atoms with van der Waals surface area (Å²) < 4.78 is 10.3. The molecule has 0 spiro atoms. The first kappa shape index (κ1) is 15.9. The van der Waals surface area contributed by atoms with Crippen LogP contribution in [0.15, 0.2) is 24.3 Å². The lowest BCUT2D eigenvalue weighted by Crippen LogP contribution is -2.24. The number of anilines is 1. The van der Waals surface area contributed by atoms with Crippen LogP contribution in [0.3, 0.4) is 0 Å². The SMILES string of the molecule is COc1cc(NC(=O)[C@@H]2CC=CCC2)c(C(=O)O)cc1OC. The largest absolute Gasteiger partial charge is 0.493 e. The number of allylic oxidation sites excluding steroid dienone is 2. The number of hydrogen-bond donors (Lipinski definition) is 2. The molecular weight excluding hydrogens is 286 g/mol. The number of ether oxygens (including phenoxy) is 2. The Morgan fingerprint density at radius 3 is 2.41 bits per heavy atom. The van der Waals surface area contributed by atoms with E-state index < -0.39 is 5.97 Å². The number of carboxylic acid groups (broad SMARTS) is 1. The highest BCUT2D eigenvalue weighted by atomic mass is 16.5. The number of carbonyl (C=O) groups is 2. The molecule has 1 aromatic carbocycles. The Bertz CT molecular complexity index is 609. The van der Waals surface area contributed by atoms with Crippen LogP contribution in [-0.4, -0.2) is 31.2 Å². The zero-order valence-electron chi connectivity index (χ0n) is 12.6. The van der Waals surface area contributed by atoms with E-state index in [9.17, 15) is 14.7 Å². The second-order valence-corrected chi connectivity index (χ2v) is 5.03. The normalized spacial score (nSPS) is 16.9. The van der Waals surface area contributed by atoms with E-state index in [0.29, 0.717) is 17.9 Å². The lowest BCUT2D eigenvalue weighted by molar-refractivity contribution is -0.120. The van der Waals surface area contributed by atoms with Gasteiger partial charge in [0.2, 0.25) is 5.91 Å². The molecule has 0 aliphatic heterocycles. The Morgan fingerprint density at radius 1 is 1.18 bits per heavy atom. The van der Waals surface area contributed by atoms with Gasteiger partial charge in [0.05, 0.1) is 25.5 Å². The summed E-state index contributed by atoms with van der Waals surface area (Å²) in [6, 6.07) is 2.82. The Kier molecular flexibility index (Phi) is 5.04. The molecule has 6 heteroatoms. The van der Waals surface area contributed by atoms with Crippen LogP contribution in [0.2, 0.25) is 0 Å². The zero-order chi connectivity index (χ0) is 16.1. The molecule has 2 N–H and O–H groups in total. The molecule has 2 rings (SSSR count). The highest BCUT2D eigenvalue weighted by molar-refractivity contribution is 6.02. The van der Waals surface area contributed by atoms with Gasteiger partial charge in [-0.25, -0.2) is 4.79 Å². The lowest BCUT2D eigenvalue weighted by Gasteiger charge is -2.19. The molecular formula is C16H19NO5. The number of amides is 1. The van der Waals surface area contributed by atoms with Gasteiger partial charge >= 0.3 is 5.97 Å². The van der Waals surface area contributed by atoms with Gasteiger partial charge in [0.15, 0.2) is 11.5 Å². The van der Waals surface area contributed by atoms with Gasteiger partial charge in [-0.3, -0.25) is 4.79 Å². The van der Waals surface area contributed by atoms with Crippen molar-refractivity contribution in [2.75, 3.05) is 19.5 Å². The Balaban J connectivity index is 2.30. The molecule has 22 heavy (non-hydrogen) atoms. The van der Waals surface area contributed by atoms with E-state index in [1.807, 2.05) is 12.2 Å². The van der Waals surface area contributed by atoms with Crippen LogP contribution < -0.4 is 14.8 Å². The van der Waals surface area contributed by atoms with E-state index in [-0.39, 0.29) is 23.1 Å². The predicted molar refractivity (Wildman–Crippen MR) is 81.6 cm³/mol. The molecule has 1 amide bonds. The topological polar surface area (TPSA) is 84.9 Å². The standard InChI is InChI=1S/C16H19NO5/c1-21-13-8-11(16(19)20)12(9-14(13)22-2)17-15(18)10-6-4-3-5-7-10/h3-4,8-10H,5-7H2,1-2H3,(H,17,18)(H,19,20)/t10-/m1/s1. The highest BCUT2D eigenvalue weighted by Crippen LogP contribution is 2.34. The molecule has 0 unspecified atom stereocenters. The molecule has 0 fully saturated rings. The molecule has 118 valence electrons. The molecule has 0 aromatic heterocycles. The van der Waals surface area contributed by atoms with Gasteiger partial charge in [-0.1, -0.05) is 12.2 Å². The maximum atomic E-state index is 12.3. The third-order valence-electron chi connectivity index (χ3n) is 3.65. The third kappa shape index (κ3) is 3.39. The van der Waals surface area contributed by atoms with Crippen molar-refractivity contribution in [2.45, 2.75) is 19.3 Å². The minimum Gasteiger partial charge on any atom is -0.493 e. The maximum Gasteiger partial charge on any atom is 0.337 e. The van der Waals surface area contributed by atoms with Crippen LogP contribution in [0, 0.1) is 5.92 Å². The average Bonchev–Trinajstić information content (AvgIpc) is 2.54. The number of hydrogen-bond acceptors (Lipinski definition) is 4. The molecule has 1 aliphatic rings. The summed E-state index contributed by atoms with van der Waals surface area (Å²) in [6.07, 6.45) is 6.30. The third-order valence-corrected chi connectivity index (χ3v) is 3.65. The number of nitrogens with one attached hydrogen (secondary N) is 1. The van der Waals surface area contributed by atoms with Crippen LogP contribution >= 0.6 is 0 Å². The summed E-state index contributed by atoms with van der Waals surface area (Å²) in [4.78, 5) is 23.7. The molecule has 1 aliphatic carbocycles. The quantitative estimate of drug-likeness (QED) is 0.817. The molecule has 1 atom stereocenters. The molecule has 0 heterocycles. The fraction of sp³-hybridized carbons (Fsp3) is 0.375. The summed E-state index contributed by atoms with van der Waals surface area (Å²) in [5.74, 6) is -0.788.